The monoisotopic (exact) mass is 123 g/mol. The average molecular weight is 123 g/mol. The van der Waals surface area contributed by atoms with Gasteiger partial charge in [0.25, 0.3) is 0 Å². The Bertz CT molecular complexity index is 127. The molecule has 1 heteroatoms. The van der Waals surface area contributed by atoms with Crippen molar-refractivity contribution in [2.75, 3.05) is 6.54 Å². The van der Waals surface area contributed by atoms with Gasteiger partial charge in [-0.15, -0.1) is 0 Å². The molecule has 2 atom stereocenters. The Balaban J connectivity index is 2.02. The van der Waals surface area contributed by atoms with Crippen LogP contribution in [0.3, 0.4) is 0 Å². The summed E-state index contributed by atoms with van der Waals surface area (Å²) in [4.78, 5) is 2.75. The van der Waals surface area contributed by atoms with Gasteiger partial charge in [0, 0.05) is 18.6 Å². The van der Waals surface area contributed by atoms with Crippen LogP contribution < -0.4 is 0 Å². The van der Waals surface area contributed by atoms with Crippen LogP contribution in [-0.4, -0.2) is 23.5 Å². The van der Waals surface area contributed by atoms with Crippen molar-refractivity contribution in [1.29, 1.82) is 0 Å². The lowest BCUT2D eigenvalue weighted by Crippen LogP contribution is -2.28. The lowest BCUT2D eigenvalue weighted by molar-refractivity contribution is 0.257. The summed E-state index contributed by atoms with van der Waals surface area (Å²) in [6.07, 6.45) is 6.11. The van der Waals surface area contributed by atoms with Gasteiger partial charge in [0.05, 0.1) is 0 Å². The second-order valence-electron chi connectivity index (χ2n) is 3.92. The average Bonchev–Trinajstić information content (AvgIpc) is 2.35. The number of hydrogen-bond donors (Lipinski definition) is 0. The zero-order valence-corrected chi connectivity index (χ0v) is 5.71. The quantitative estimate of drug-likeness (QED) is 0.468. The minimum Gasteiger partial charge on any atom is -0.297 e. The van der Waals surface area contributed by atoms with Crippen LogP contribution in [-0.2, 0) is 0 Å². The van der Waals surface area contributed by atoms with Crippen LogP contribution in [0.2, 0.25) is 0 Å². The third-order valence-electron chi connectivity index (χ3n) is 3.45. The van der Waals surface area contributed by atoms with Crippen LogP contribution in [0.5, 0.6) is 0 Å². The summed E-state index contributed by atoms with van der Waals surface area (Å²) in [5.74, 6) is 1.11. The number of hydrogen-bond acceptors (Lipinski definition) is 1. The molecule has 3 aliphatic heterocycles. The first-order valence-corrected chi connectivity index (χ1v) is 4.19. The lowest BCUT2D eigenvalue weighted by atomic mass is 10.0. The molecule has 2 bridgehead atoms. The largest absolute Gasteiger partial charge is 0.297 e. The number of piperidine rings is 1. The number of rotatable bonds is 0. The molecule has 3 fully saturated rings. The van der Waals surface area contributed by atoms with Crippen LogP contribution in [0.4, 0.5) is 0 Å². The minimum atomic E-state index is 1.04. The summed E-state index contributed by atoms with van der Waals surface area (Å²) in [5, 5.41) is 0. The highest BCUT2D eigenvalue weighted by molar-refractivity contribution is 5.02. The Labute approximate surface area is 56.0 Å². The fraction of sp³-hybridized carbons (Fsp3) is 1.00. The molecule has 0 spiro atoms. The van der Waals surface area contributed by atoms with Crippen LogP contribution in [0.15, 0.2) is 0 Å². The summed E-state index contributed by atoms with van der Waals surface area (Å²) in [7, 11) is 0. The SMILES string of the molecule is C1CC2CC3CC1N2C3. The van der Waals surface area contributed by atoms with Crippen LogP contribution >= 0.6 is 0 Å². The van der Waals surface area contributed by atoms with E-state index in [2.05, 4.69) is 4.90 Å². The van der Waals surface area contributed by atoms with Crippen LogP contribution in [0.1, 0.15) is 25.7 Å². The highest BCUT2D eigenvalue weighted by Crippen LogP contribution is 2.45. The van der Waals surface area contributed by atoms with Crippen molar-refractivity contribution < 1.29 is 0 Å². The van der Waals surface area contributed by atoms with Gasteiger partial charge in [-0.25, -0.2) is 0 Å². The third-order valence-corrected chi connectivity index (χ3v) is 3.45. The molecule has 0 saturated carbocycles. The molecule has 3 rings (SSSR count). The van der Waals surface area contributed by atoms with Crippen molar-refractivity contribution in [3.8, 4) is 0 Å². The first kappa shape index (κ1) is 4.73. The summed E-state index contributed by atoms with van der Waals surface area (Å²) in [6, 6.07) is 2.07. The Morgan fingerprint density at radius 2 is 1.67 bits per heavy atom. The van der Waals surface area contributed by atoms with E-state index in [1.165, 1.54) is 32.2 Å². The lowest BCUT2D eigenvalue weighted by Gasteiger charge is -2.20. The predicted octanol–water partition coefficient (Wildman–Crippen LogP) is 1.24. The van der Waals surface area contributed by atoms with Crippen molar-refractivity contribution in [3.63, 3.8) is 0 Å². The van der Waals surface area contributed by atoms with Crippen molar-refractivity contribution in [3.05, 3.63) is 0 Å². The normalized spacial score (nSPS) is 55.3. The fourth-order valence-corrected chi connectivity index (χ4v) is 3.13. The molecule has 3 aliphatic rings. The molecule has 0 N–H and O–H groups in total. The van der Waals surface area contributed by atoms with E-state index in [1.54, 1.807) is 0 Å². The Kier molecular flexibility index (Phi) is 0.704. The topological polar surface area (TPSA) is 3.24 Å². The van der Waals surface area contributed by atoms with E-state index in [9.17, 15) is 0 Å². The minimum absolute atomic E-state index is 1.04. The molecule has 0 aromatic rings. The molecular weight excluding hydrogens is 110 g/mol. The Hall–Kier alpha value is -0.0400. The highest BCUT2D eigenvalue weighted by Gasteiger charge is 2.47. The molecule has 3 saturated heterocycles. The van der Waals surface area contributed by atoms with E-state index in [-0.39, 0.29) is 0 Å². The maximum Gasteiger partial charge on any atom is 0.0102 e. The molecule has 0 amide bonds. The van der Waals surface area contributed by atoms with E-state index in [4.69, 9.17) is 0 Å². The van der Waals surface area contributed by atoms with Crippen molar-refractivity contribution in [1.82, 2.24) is 4.90 Å². The highest BCUT2D eigenvalue weighted by atomic mass is 15.3. The fourth-order valence-electron chi connectivity index (χ4n) is 3.13. The van der Waals surface area contributed by atoms with E-state index in [1.807, 2.05) is 0 Å². The zero-order chi connectivity index (χ0) is 5.84. The van der Waals surface area contributed by atoms with Gasteiger partial charge in [0.2, 0.25) is 0 Å². The second-order valence-corrected chi connectivity index (χ2v) is 3.92. The molecule has 0 aromatic carbocycles. The standard InChI is InChI=1S/C8H13N/c1-2-8-4-6-3-7(1)9(8)5-6/h6-8H,1-5H2. The predicted molar refractivity (Wildman–Crippen MR) is 36.2 cm³/mol. The van der Waals surface area contributed by atoms with Gasteiger partial charge < -0.3 is 0 Å². The molecular formula is C8H13N. The Morgan fingerprint density at radius 1 is 1.00 bits per heavy atom. The van der Waals surface area contributed by atoms with Crippen LogP contribution in [0, 0.1) is 5.92 Å². The van der Waals surface area contributed by atoms with Gasteiger partial charge in [-0.05, 0) is 31.6 Å². The van der Waals surface area contributed by atoms with Crippen molar-refractivity contribution in [2.45, 2.75) is 37.8 Å². The number of fused-ring (bicyclic) bond motifs is 1. The Morgan fingerprint density at radius 3 is 2.11 bits per heavy atom. The molecule has 50 valence electrons. The van der Waals surface area contributed by atoms with E-state index >= 15 is 0 Å². The first-order chi connectivity index (χ1) is 4.43. The maximum absolute atomic E-state index is 2.75. The molecule has 1 nitrogen and oxygen atoms in total. The molecule has 9 heavy (non-hydrogen) atoms. The molecule has 3 heterocycles. The van der Waals surface area contributed by atoms with E-state index < -0.39 is 0 Å². The summed E-state index contributed by atoms with van der Waals surface area (Å²) in [5.41, 5.74) is 0. The molecule has 2 unspecified atom stereocenters. The third kappa shape index (κ3) is 0.454. The maximum atomic E-state index is 2.75. The molecule has 0 aliphatic carbocycles. The summed E-state index contributed by atoms with van der Waals surface area (Å²) in [6.45, 7) is 1.45. The van der Waals surface area contributed by atoms with E-state index in [0.29, 0.717) is 0 Å². The summed E-state index contributed by atoms with van der Waals surface area (Å²) < 4.78 is 0. The van der Waals surface area contributed by atoms with E-state index in [0.717, 1.165) is 18.0 Å². The van der Waals surface area contributed by atoms with Crippen molar-refractivity contribution in [2.24, 2.45) is 5.92 Å². The first-order valence-electron chi connectivity index (χ1n) is 4.19. The molecule has 0 radical (unpaired) electrons. The van der Waals surface area contributed by atoms with Crippen molar-refractivity contribution >= 4 is 0 Å². The molecule has 0 aromatic heterocycles. The van der Waals surface area contributed by atoms with Gasteiger partial charge in [-0.3, -0.25) is 4.90 Å². The van der Waals surface area contributed by atoms with Gasteiger partial charge in [-0.2, -0.15) is 0 Å². The summed E-state index contributed by atoms with van der Waals surface area (Å²) >= 11 is 0. The van der Waals surface area contributed by atoms with Gasteiger partial charge in [0.15, 0.2) is 0 Å². The van der Waals surface area contributed by atoms with Gasteiger partial charge in [-0.1, -0.05) is 0 Å². The van der Waals surface area contributed by atoms with Gasteiger partial charge in [0.1, 0.15) is 0 Å². The van der Waals surface area contributed by atoms with Gasteiger partial charge >= 0.3 is 0 Å². The number of nitrogens with zero attached hydrogens (tertiary/aromatic N) is 1. The smallest absolute Gasteiger partial charge is 0.0102 e. The van der Waals surface area contributed by atoms with Crippen LogP contribution in [0.25, 0.3) is 0 Å². The second kappa shape index (κ2) is 1.34. The zero-order valence-electron chi connectivity index (χ0n) is 5.71.